The third-order valence-electron chi connectivity index (χ3n) is 4.18. The number of nitrogens with one attached hydrogen (secondary N) is 1. The second-order valence-electron chi connectivity index (χ2n) is 5.59. The molecule has 6 heteroatoms. The Morgan fingerprint density at radius 3 is 2.70 bits per heavy atom. The van der Waals surface area contributed by atoms with E-state index in [0.717, 1.165) is 12.8 Å². The van der Waals surface area contributed by atoms with Gasteiger partial charge in [0.2, 0.25) is 0 Å². The Morgan fingerprint density at radius 2 is 2.20 bits per heavy atom. The van der Waals surface area contributed by atoms with Gasteiger partial charge in [0.15, 0.2) is 5.84 Å². The first-order valence-electron chi connectivity index (χ1n) is 6.83. The molecule has 1 saturated carbocycles. The largest absolute Gasteiger partial charge is 0.469 e. The van der Waals surface area contributed by atoms with Crippen LogP contribution in [0.4, 0.5) is 0 Å². The number of carbonyl (C=O) groups excluding carboxylic acids is 1. The van der Waals surface area contributed by atoms with Gasteiger partial charge in [0.25, 0.3) is 5.91 Å². The number of hydrogen-bond donors (Lipinski definition) is 3. The summed E-state index contributed by atoms with van der Waals surface area (Å²) >= 11 is 0. The lowest BCUT2D eigenvalue weighted by Crippen LogP contribution is -2.59. The first kappa shape index (κ1) is 14.4. The highest BCUT2D eigenvalue weighted by Crippen LogP contribution is 2.32. The summed E-state index contributed by atoms with van der Waals surface area (Å²) in [6.07, 6.45) is 4.69. The van der Waals surface area contributed by atoms with Crippen LogP contribution in [-0.2, 0) is 0 Å². The van der Waals surface area contributed by atoms with Crippen molar-refractivity contribution in [2.24, 2.45) is 16.8 Å². The van der Waals surface area contributed by atoms with Crippen LogP contribution >= 0.6 is 0 Å². The van der Waals surface area contributed by atoms with Crippen LogP contribution < -0.4 is 11.1 Å². The SMILES string of the molecule is Cc1occc1C(=O)NC1(/C(N)=N/O)CCC(C)CC1. The van der Waals surface area contributed by atoms with E-state index >= 15 is 0 Å². The molecule has 2 rings (SSSR count). The van der Waals surface area contributed by atoms with Crippen molar-refractivity contribution >= 4 is 11.7 Å². The van der Waals surface area contributed by atoms with Crippen LogP contribution in [0.25, 0.3) is 0 Å². The Kier molecular flexibility index (Phi) is 4.01. The number of aryl methyl sites for hydroxylation is 1. The third-order valence-corrected chi connectivity index (χ3v) is 4.18. The van der Waals surface area contributed by atoms with Crippen molar-refractivity contribution < 1.29 is 14.4 Å². The Morgan fingerprint density at radius 1 is 1.55 bits per heavy atom. The summed E-state index contributed by atoms with van der Waals surface area (Å²) in [6, 6.07) is 1.62. The molecule has 4 N–H and O–H groups in total. The van der Waals surface area contributed by atoms with Crippen LogP contribution in [0.3, 0.4) is 0 Å². The van der Waals surface area contributed by atoms with Crippen molar-refractivity contribution in [1.29, 1.82) is 0 Å². The number of oxime groups is 1. The van der Waals surface area contributed by atoms with Crippen molar-refractivity contribution in [3.8, 4) is 0 Å². The maximum Gasteiger partial charge on any atom is 0.255 e. The lowest BCUT2D eigenvalue weighted by Gasteiger charge is -2.38. The molecular weight excluding hydrogens is 258 g/mol. The molecule has 0 aliphatic heterocycles. The van der Waals surface area contributed by atoms with E-state index in [1.165, 1.54) is 6.26 Å². The van der Waals surface area contributed by atoms with E-state index in [9.17, 15) is 4.79 Å². The highest BCUT2D eigenvalue weighted by Gasteiger charge is 2.40. The summed E-state index contributed by atoms with van der Waals surface area (Å²) in [5, 5.41) is 15.1. The molecule has 0 bridgehead atoms. The van der Waals surface area contributed by atoms with Crippen molar-refractivity contribution in [2.45, 2.75) is 45.1 Å². The van der Waals surface area contributed by atoms with Crippen molar-refractivity contribution in [3.63, 3.8) is 0 Å². The molecule has 1 amide bonds. The smallest absolute Gasteiger partial charge is 0.255 e. The first-order chi connectivity index (χ1) is 9.48. The number of nitrogens with two attached hydrogens (primary N) is 1. The van der Waals surface area contributed by atoms with E-state index < -0.39 is 5.54 Å². The number of rotatable bonds is 3. The fourth-order valence-electron chi connectivity index (χ4n) is 2.70. The van der Waals surface area contributed by atoms with Gasteiger partial charge < -0.3 is 20.7 Å². The van der Waals surface area contributed by atoms with Gasteiger partial charge in [-0.2, -0.15) is 0 Å². The summed E-state index contributed by atoms with van der Waals surface area (Å²) in [5.41, 5.74) is 5.55. The molecule has 1 aliphatic carbocycles. The van der Waals surface area contributed by atoms with Gasteiger partial charge in [-0.25, -0.2) is 0 Å². The molecule has 0 saturated heterocycles. The monoisotopic (exact) mass is 279 g/mol. The van der Waals surface area contributed by atoms with Gasteiger partial charge in [-0.15, -0.1) is 0 Å². The molecule has 20 heavy (non-hydrogen) atoms. The van der Waals surface area contributed by atoms with Gasteiger partial charge in [-0.1, -0.05) is 12.1 Å². The summed E-state index contributed by atoms with van der Waals surface area (Å²) in [6.45, 7) is 3.90. The number of furan rings is 1. The molecule has 1 fully saturated rings. The first-order valence-corrected chi connectivity index (χ1v) is 6.83. The maximum absolute atomic E-state index is 12.3. The molecule has 0 unspecified atom stereocenters. The number of nitrogens with zero attached hydrogens (tertiary/aromatic N) is 1. The normalized spacial score (nSPS) is 27.3. The summed E-state index contributed by atoms with van der Waals surface area (Å²) in [5.74, 6) is 0.958. The van der Waals surface area contributed by atoms with E-state index in [2.05, 4.69) is 17.4 Å². The van der Waals surface area contributed by atoms with Crippen molar-refractivity contribution in [3.05, 3.63) is 23.7 Å². The van der Waals surface area contributed by atoms with Gasteiger partial charge in [-0.3, -0.25) is 4.79 Å². The zero-order valence-electron chi connectivity index (χ0n) is 11.8. The van der Waals surface area contributed by atoms with Gasteiger partial charge in [0, 0.05) is 0 Å². The van der Waals surface area contributed by atoms with Crippen LogP contribution in [-0.4, -0.2) is 22.5 Å². The topological polar surface area (TPSA) is 101 Å². The van der Waals surface area contributed by atoms with Crippen LogP contribution in [0.5, 0.6) is 0 Å². The third kappa shape index (κ3) is 2.64. The maximum atomic E-state index is 12.3. The van der Waals surface area contributed by atoms with Gasteiger partial charge in [0.05, 0.1) is 11.8 Å². The Bertz CT molecular complexity index is 513. The van der Waals surface area contributed by atoms with E-state index in [0.29, 0.717) is 30.1 Å². The van der Waals surface area contributed by atoms with Crippen LogP contribution in [0.2, 0.25) is 0 Å². The Labute approximate surface area is 118 Å². The lowest BCUT2D eigenvalue weighted by molar-refractivity contribution is 0.0896. The molecular formula is C14H21N3O3. The average Bonchev–Trinajstić information content (AvgIpc) is 2.87. The highest BCUT2D eigenvalue weighted by atomic mass is 16.4. The minimum Gasteiger partial charge on any atom is -0.469 e. The Balaban J connectivity index is 2.21. The van der Waals surface area contributed by atoms with E-state index in [-0.39, 0.29) is 11.7 Å². The van der Waals surface area contributed by atoms with E-state index in [4.69, 9.17) is 15.4 Å². The predicted molar refractivity (Wildman–Crippen MR) is 74.7 cm³/mol. The van der Waals surface area contributed by atoms with Gasteiger partial charge in [0.1, 0.15) is 11.3 Å². The molecule has 1 aromatic heterocycles. The van der Waals surface area contributed by atoms with Crippen LogP contribution in [0, 0.1) is 12.8 Å². The fraction of sp³-hybridized carbons (Fsp3) is 0.571. The minimum absolute atomic E-state index is 0.0684. The molecule has 1 heterocycles. The van der Waals surface area contributed by atoms with E-state index in [1.807, 2.05) is 0 Å². The minimum atomic E-state index is -0.762. The van der Waals surface area contributed by atoms with Gasteiger partial charge >= 0.3 is 0 Å². The van der Waals surface area contributed by atoms with Crippen molar-refractivity contribution in [2.75, 3.05) is 0 Å². The molecule has 0 aromatic carbocycles. The average molecular weight is 279 g/mol. The highest BCUT2D eigenvalue weighted by molar-refractivity contribution is 6.00. The van der Waals surface area contributed by atoms with Crippen molar-refractivity contribution in [1.82, 2.24) is 5.32 Å². The zero-order chi connectivity index (χ0) is 14.8. The Hall–Kier alpha value is -1.98. The van der Waals surface area contributed by atoms with Crippen LogP contribution in [0.1, 0.15) is 48.7 Å². The number of amidine groups is 1. The zero-order valence-corrected chi connectivity index (χ0v) is 11.8. The molecule has 1 aliphatic rings. The fourth-order valence-corrected chi connectivity index (χ4v) is 2.70. The molecule has 0 radical (unpaired) electrons. The molecule has 0 atom stereocenters. The molecule has 1 aromatic rings. The summed E-state index contributed by atoms with van der Waals surface area (Å²) in [4.78, 5) is 12.3. The van der Waals surface area contributed by atoms with E-state index in [1.54, 1.807) is 13.0 Å². The van der Waals surface area contributed by atoms with Gasteiger partial charge in [-0.05, 0) is 44.6 Å². The number of carbonyl (C=O) groups is 1. The quantitative estimate of drug-likeness (QED) is 0.341. The molecule has 0 spiro atoms. The second-order valence-corrected chi connectivity index (χ2v) is 5.59. The summed E-state index contributed by atoms with van der Waals surface area (Å²) < 4.78 is 5.14. The van der Waals surface area contributed by atoms with Crippen LogP contribution in [0.15, 0.2) is 21.9 Å². The lowest BCUT2D eigenvalue weighted by atomic mass is 9.76. The number of amides is 1. The second kappa shape index (κ2) is 5.56. The molecule has 6 nitrogen and oxygen atoms in total. The number of hydrogen-bond acceptors (Lipinski definition) is 4. The predicted octanol–water partition coefficient (Wildman–Crippen LogP) is 2.01. The summed E-state index contributed by atoms with van der Waals surface area (Å²) in [7, 11) is 0. The standard InChI is InChI=1S/C14H21N3O3/c1-9-3-6-14(7-4-9,13(15)17-19)16-12(18)11-5-8-20-10(11)2/h5,8-9,19H,3-4,6-7H2,1-2H3,(H2,15,17)(H,16,18). The molecule has 110 valence electrons.